The van der Waals surface area contributed by atoms with E-state index in [1.165, 1.54) is 0 Å². The summed E-state index contributed by atoms with van der Waals surface area (Å²) in [6.45, 7) is 12.8. The van der Waals surface area contributed by atoms with Crippen molar-refractivity contribution in [2.24, 2.45) is 0 Å². The molecule has 1 aromatic carbocycles. The van der Waals surface area contributed by atoms with Crippen molar-refractivity contribution in [1.29, 1.82) is 0 Å². The molecule has 128 valence electrons. The van der Waals surface area contributed by atoms with E-state index in [0.717, 1.165) is 11.1 Å². The van der Waals surface area contributed by atoms with E-state index in [1.54, 1.807) is 20.8 Å². The largest absolute Gasteiger partial charge is 0.460 e. The summed E-state index contributed by atoms with van der Waals surface area (Å²) in [7, 11) is 0. The van der Waals surface area contributed by atoms with Gasteiger partial charge in [-0.05, 0) is 59.6 Å². The molecule has 1 aromatic rings. The van der Waals surface area contributed by atoms with Crippen LogP contribution in [0.15, 0.2) is 24.3 Å². The Kier molecular flexibility index (Phi) is 5.98. The molecule has 0 spiro atoms. The van der Waals surface area contributed by atoms with Crippen molar-refractivity contribution >= 4 is 11.9 Å². The summed E-state index contributed by atoms with van der Waals surface area (Å²) in [6.07, 6.45) is -0.0307. The van der Waals surface area contributed by atoms with Crippen LogP contribution in [-0.4, -0.2) is 23.1 Å². The Morgan fingerprint density at radius 2 is 1.48 bits per heavy atom. The fourth-order valence-corrected chi connectivity index (χ4v) is 2.22. The first-order valence-electron chi connectivity index (χ1n) is 7.89. The minimum atomic E-state index is -0.662. The molecule has 4 heteroatoms. The topological polar surface area (TPSA) is 52.6 Å². The van der Waals surface area contributed by atoms with Crippen LogP contribution in [0.5, 0.6) is 0 Å². The van der Waals surface area contributed by atoms with Crippen LogP contribution in [0.2, 0.25) is 0 Å². The third-order valence-electron chi connectivity index (χ3n) is 3.05. The fourth-order valence-electron chi connectivity index (χ4n) is 2.22. The van der Waals surface area contributed by atoms with Crippen LogP contribution in [-0.2, 0) is 19.1 Å². The highest BCUT2D eigenvalue weighted by Gasteiger charge is 2.31. The number of carbonyl (C=O) groups excluding carboxylic acids is 2. The van der Waals surface area contributed by atoms with Crippen LogP contribution in [0.3, 0.4) is 0 Å². The molecule has 0 heterocycles. The van der Waals surface area contributed by atoms with Crippen molar-refractivity contribution in [1.82, 2.24) is 0 Å². The molecule has 0 saturated heterocycles. The van der Waals surface area contributed by atoms with Crippen LogP contribution in [0.4, 0.5) is 0 Å². The van der Waals surface area contributed by atoms with Crippen LogP contribution in [0, 0.1) is 6.92 Å². The van der Waals surface area contributed by atoms with Gasteiger partial charge in [0.15, 0.2) is 0 Å². The number of benzene rings is 1. The maximum atomic E-state index is 12.6. The number of hydrogen-bond acceptors (Lipinski definition) is 4. The molecule has 1 rings (SSSR count). The van der Waals surface area contributed by atoms with Gasteiger partial charge in [0.2, 0.25) is 0 Å². The molecule has 1 atom stereocenters. The van der Waals surface area contributed by atoms with Gasteiger partial charge in [-0.3, -0.25) is 9.59 Å². The lowest BCUT2D eigenvalue weighted by atomic mass is 9.91. The predicted octanol–water partition coefficient (Wildman–Crippen LogP) is 4.15. The van der Waals surface area contributed by atoms with Gasteiger partial charge in [-0.1, -0.05) is 24.3 Å². The van der Waals surface area contributed by atoms with Crippen molar-refractivity contribution in [3.05, 3.63) is 35.4 Å². The minimum absolute atomic E-state index is 0.0307. The summed E-state index contributed by atoms with van der Waals surface area (Å²) >= 11 is 0. The number of hydrogen-bond donors (Lipinski definition) is 0. The highest BCUT2D eigenvalue weighted by atomic mass is 16.6. The van der Waals surface area contributed by atoms with Gasteiger partial charge >= 0.3 is 11.9 Å². The second-order valence-corrected chi connectivity index (χ2v) is 7.73. The molecular weight excluding hydrogens is 292 g/mol. The van der Waals surface area contributed by atoms with Gasteiger partial charge in [0.25, 0.3) is 0 Å². The Morgan fingerprint density at radius 1 is 0.957 bits per heavy atom. The number of carbonyl (C=O) groups is 2. The molecule has 0 N–H and O–H groups in total. The maximum absolute atomic E-state index is 12.6. The smallest absolute Gasteiger partial charge is 0.314 e. The predicted molar refractivity (Wildman–Crippen MR) is 90.2 cm³/mol. The first kappa shape index (κ1) is 19.2. The van der Waals surface area contributed by atoms with Crippen LogP contribution < -0.4 is 0 Å². The molecule has 0 saturated carbocycles. The zero-order chi connectivity index (χ0) is 17.8. The maximum Gasteiger partial charge on any atom is 0.314 e. The number of rotatable bonds is 4. The van der Waals surface area contributed by atoms with Gasteiger partial charge in [0.1, 0.15) is 11.2 Å². The average Bonchev–Trinajstić information content (AvgIpc) is 2.32. The Hall–Kier alpha value is -1.84. The molecule has 23 heavy (non-hydrogen) atoms. The molecule has 0 amide bonds. The normalized spacial score (nSPS) is 13.3. The zero-order valence-corrected chi connectivity index (χ0v) is 15.2. The third-order valence-corrected chi connectivity index (χ3v) is 3.05. The van der Waals surface area contributed by atoms with E-state index in [-0.39, 0.29) is 6.42 Å². The lowest BCUT2D eigenvalue weighted by Gasteiger charge is -2.26. The molecule has 0 fully saturated rings. The van der Waals surface area contributed by atoms with E-state index in [9.17, 15) is 9.59 Å². The number of aryl methyl sites for hydroxylation is 1. The van der Waals surface area contributed by atoms with Gasteiger partial charge < -0.3 is 9.47 Å². The van der Waals surface area contributed by atoms with Gasteiger partial charge in [-0.2, -0.15) is 0 Å². The van der Waals surface area contributed by atoms with E-state index in [1.807, 2.05) is 52.0 Å². The Labute approximate surface area is 139 Å². The van der Waals surface area contributed by atoms with Gasteiger partial charge in [-0.15, -0.1) is 0 Å². The van der Waals surface area contributed by atoms with Crippen molar-refractivity contribution in [3.8, 4) is 0 Å². The second kappa shape index (κ2) is 7.16. The van der Waals surface area contributed by atoms with Crippen LogP contribution in [0.25, 0.3) is 0 Å². The first-order valence-corrected chi connectivity index (χ1v) is 7.89. The Bertz CT molecular complexity index is 561. The van der Waals surface area contributed by atoms with E-state index in [2.05, 4.69) is 0 Å². The molecule has 0 aromatic heterocycles. The number of ether oxygens (including phenoxy) is 2. The Morgan fingerprint density at radius 3 is 1.96 bits per heavy atom. The van der Waals surface area contributed by atoms with Crippen molar-refractivity contribution in [2.75, 3.05) is 0 Å². The van der Waals surface area contributed by atoms with Crippen molar-refractivity contribution in [3.63, 3.8) is 0 Å². The summed E-state index contributed by atoms with van der Waals surface area (Å²) in [5.74, 6) is -1.47. The highest BCUT2D eigenvalue weighted by molar-refractivity contribution is 5.85. The molecule has 0 aliphatic rings. The molecule has 0 aliphatic carbocycles. The van der Waals surface area contributed by atoms with E-state index < -0.39 is 29.1 Å². The van der Waals surface area contributed by atoms with Crippen molar-refractivity contribution in [2.45, 2.75) is 72.0 Å². The van der Waals surface area contributed by atoms with E-state index in [0.29, 0.717) is 0 Å². The van der Waals surface area contributed by atoms with Gasteiger partial charge in [0, 0.05) is 0 Å². The second-order valence-electron chi connectivity index (χ2n) is 7.73. The quantitative estimate of drug-likeness (QED) is 0.782. The third kappa shape index (κ3) is 6.85. The van der Waals surface area contributed by atoms with E-state index >= 15 is 0 Å². The standard InChI is InChI=1S/C19H28O4/c1-13-10-8-9-11-14(13)15(17(21)23-19(5,6)7)12-16(20)22-18(2,3)4/h8-11,15H,12H2,1-7H3/t15-/m0/s1. The monoisotopic (exact) mass is 320 g/mol. The SMILES string of the molecule is Cc1ccccc1[C@H](CC(=O)OC(C)(C)C)C(=O)OC(C)(C)C. The summed E-state index contributed by atoms with van der Waals surface area (Å²) in [5, 5.41) is 0. The van der Waals surface area contributed by atoms with Gasteiger partial charge in [0.05, 0.1) is 12.3 Å². The molecule has 0 unspecified atom stereocenters. The molecule has 0 bridgehead atoms. The summed E-state index contributed by atoms with van der Waals surface area (Å²) in [5.41, 5.74) is 0.562. The summed E-state index contributed by atoms with van der Waals surface area (Å²) in [4.78, 5) is 24.8. The van der Waals surface area contributed by atoms with E-state index in [4.69, 9.17) is 9.47 Å². The van der Waals surface area contributed by atoms with Crippen LogP contribution in [0.1, 0.15) is 65.0 Å². The highest BCUT2D eigenvalue weighted by Crippen LogP contribution is 2.27. The minimum Gasteiger partial charge on any atom is -0.460 e. The zero-order valence-electron chi connectivity index (χ0n) is 15.2. The molecule has 0 radical (unpaired) electrons. The summed E-state index contributed by atoms with van der Waals surface area (Å²) < 4.78 is 10.9. The summed E-state index contributed by atoms with van der Waals surface area (Å²) in [6, 6.07) is 7.53. The molecule has 4 nitrogen and oxygen atoms in total. The lowest BCUT2D eigenvalue weighted by Crippen LogP contribution is -2.31. The first-order chi connectivity index (χ1) is 10.4. The molecular formula is C19H28O4. The molecule has 0 aliphatic heterocycles. The van der Waals surface area contributed by atoms with Gasteiger partial charge in [-0.25, -0.2) is 0 Å². The fraction of sp³-hybridized carbons (Fsp3) is 0.579. The Balaban J connectivity index is 3.05. The van der Waals surface area contributed by atoms with Crippen LogP contribution >= 0.6 is 0 Å². The lowest BCUT2D eigenvalue weighted by molar-refractivity contribution is -0.164. The van der Waals surface area contributed by atoms with Crippen molar-refractivity contribution < 1.29 is 19.1 Å². The average molecular weight is 320 g/mol. The number of esters is 2.